The molecule has 1 saturated carbocycles. The molecule has 0 spiro atoms. The van der Waals surface area contributed by atoms with E-state index in [2.05, 4.69) is 31.5 Å². The fourth-order valence-corrected chi connectivity index (χ4v) is 2.76. The molecule has 1 amide bonds. The molecule has 0 bridgehead atoms. The Balaban J connectivity index is 1.78. The molecule has 1 aliphatic heterocycles. The molecule has 2 N–H and O–H groups in total. The first-order valence-electron chi connectivity index (χ1n) is 6.45. The molecule has 2 aliphatic rings. The summed E-state index contributed by atoms with van der Waals surface area (Å²) < 4.78 is 1.01. The number of rotatable bonds is 3. The topological polar surface area (TPSA) is 54.0 Å². The molecule has 3 rings (SSSR count). The highest BCUT2D eigenvalue weighted by atomic mass is 79.9. The summed E-state index contributed by atoms with van der Waals surface area (Å²) in [7, 11) is 0. The molecule has 2 fully saturated rings. The Labute approximate surface area is 115 Å². The largest absolute Gasteiger partial charge is 0.310 e. The lowest BCUT2D eigenvalue weighted by Crippen LogP contribution is -2.18. The molecule has 0 aromatic carbocycles. The van der Waals surface area contributed by atoms with E-state index in [1.54, 1.807) is 0 Å². The summed E-state index contributed by atoms with van der Waals surface area (Å²) >= 11 is 3.53. The van der Waals surface area contributed by atoms with Crippen molar-refractivity contribution < 1.29 is 4.79 Å². The van der Waals surface area contributed by atoms with E-state index in [0.717, 1.165) is 36.0 Å². The third kappa shape index (κ3) is 2.57. The summed E-state index contributed by atoms with van der Waals surface area (Å²) in [6.07, 6.45) is 4.31. The van der Waals surface area contributed by atoms with Crippen LogP contribution in [0.2, 0.25) is 0 Å². The third-order valence-corrected chi connectivity index (χ3v) is 4.13. The van der Waals surface area contributed by atoms with E-state index in [-0.39, 0.29) is 11.8 Å². The molecule has 1 saturated heterocycles. The SMILES string of the molecule is O=C(Nc1ccc(Br)c(C2CCCN2)n1)C1CC1. The molecule has 1 unspecified atom stereocenters. The first-order valence-corrected chi connectivity index (χ1v) is 7.24. The predicted molar refractivity (Wildman–Crippen MR) is 73.3 cm³/mol. The van der Waals surface area contributed by atoms with Crippen molar-refractivity contribution in [3.8, 4) is 0 Å². The third-order valence-electron chi connectivity index (χ3n) is 3.46. The van der Waals surface area contributed by atoms with Crippen LogP contribution in [0.25, 0.3) is 0 Å². The number of pyridine rings is 1. The van der Waals surface area contributed by atoms with Crippen molar-refractivity contribution in [3.63, 3.8) is 0 Å². The fraction of sp³-hybridized carbons (Fsp3) is 0.538. The van der Waals surface area contributed by atoms with Gasteiger partial charge in [0.1, 0.15) is 5.82 Å². The van der Waals surface area contributed by atoms with Gasteiger partial charge in [-0.25, -0.2) is 4.98 Å². The standard InChI is InChI=1S/C13H16BrN3O/c14-9-5-6-11(17-13(18)8-3-4-8)16-12(9)10-2-1-7-15-10/h5-6,8,10,15H,1-4,7H2,(H,16,17,18). The van der Waals surface area contributed by atoms with Gasteiger partial charge in [-0.1, -0.05) is 0 Å². The van der Waals surface area contributed by atoms with E-state index in [1.165, 1.54) is 6.42 Å². The lowest BCUT2D eigenvalue weighted by atomic mass is 10.1. The molecule has 1 atom stereocenters. The van der Waals surface area contributed by atoms with Gasteiger partial charge in [0.15, 0.2) is 0 Å². The van der Waals surface area contributed by atoms with Crippen LogP contribution >= 0.6 is 15.9 Å². The van der Waals surface area contributed by atoms with Crippen LogP contribution in [0.3, 0.4) is 0 Å². The average molecular weight is 310 g/mol. The molecule has 1 aromatic rings. The van der Waals surface area contributed by atoms with Crippen LogP contribution in [0.1, 0.15) is 37.4 Å². The lowest BCUT2D eigenvalue weighted by Gasteiger charge is -2.13. The molecule has 2 heterocycles. The highest BCUT2D eigenvalue weighted by Gasteiger charge is 2.30. The maximum absolute atomic E-state index is 11.7. The summed E-state index contributed by atoms with van der Waals surface area (Å²) in [4.78, 5) is 16.3. The Kier molecular flexibility index (Phi) is 3.35. The number of hydrogen-bond donors (Lipinski definition) is 2. The van der Waals surface area contributed by atoms with Gasteiger partial charge in [-0.05, 0) is 60.3 Å². The first-order chi connectivity index (χ1) is 8.74. The minimum Gasteiger partial charge on any atom is -0.310 e. The van der Waals surface area contributed by atoms with E-state index in [1.807, 2.05) is 12.1 Å². The second-order valence-corrected chi connectivity index (χ2v) is 5.83. The summed E-state index contributed by atoms with van der Waals surface area (Å²) in [6.45, 7) is 1.04. The number of anilines is 1. The van der Waals surface area contributed by atoms with Crippen molar-refractivity contribution in [1.29, 1.82) is 0 Å². The minimum absolute atomic E-state index is 0.107. The van der Waals surface area contributed by atoms with Gasteiger partial charge in [-0.15, -0.1) is 0 Å². The van der Waals surface area contributed by atoms with E-state index >= 15 is 0 Å². The normalized spacial score (nSPS) is 23.1. The van der Waals surface area contributed by atoms with Gasteiger partial charge < -0.3 is 10.6 Å². The minimum atomic E-state index is 0.107. The number of nitrogens with zero attached hydrogens (tertiary/aromatic N) is 1. The summed E-state index contributed by atoms with van der Waals surface area (Å²) in [5, 5.41) is 6.32. The second kappa shape index (κ2) is 4.97. The number of halogens is 1. The van der Waals surface area contributed by atoms with E-state index in [4.69, 9.17) is 0 Å². The first kappa shape index (κ1) is 12.1. The maximum Gasteiger partial charge on any atom is 0.228 e. The van der Waals surface area contributed by atoms with Gasteiger partial charge in [0, 0.05) is 10.4 Å². The van der Waals surface area contributed by atoms with Gasteiger partial charge in [-0.2, -0.15) is 0 Å². The van der Waals surface area contributed by atoms with Crippen LogP contribution in [0.15, 0.2) is 16.6 Å². The molecular formula is C13H16BrN3O. The van der Waals surface area contributed by atoms with Crippen LogP contribution in [0.4, 0.5) is 5.82 Å². The molecule has 5 heteroatoms. The zero-order valence-corrected chi connectivity index (χ0v) is 11.7. The fourth-order valence-electron chi connectivity index (χ4n) is 2.26. The van der Waals surface area contributed by atoms with Crippen molar-refractivity contribution in [3.05, 3.63) is 22.3 Å². The van der Waals surface area contributed by atoms with E-state index in [9.17, 15) is 4.79 Å². The second-order valence-electron chi connectivity index (χ2n) is 4.98. The van der Waals surface area contributed by atoms with Crippen LogP contribution in [0.5, 0.6) is 0 Å². The summed E-state index contributed by atoms with van der Waals surface area (Å²) in [6, 6.07) is 4.12. The Morgan fingerprint density at radius 3 is 2.89 bits per heavy atom. The zero-order valence-electron chi connectivity index (χ0n) is 10.1. The van der Waals surface area contributed by atoms with Gasteiger partial charge in [-0.3, -0.25) is 4.79 Å². The predicted octanol–water partition coefficient (Wildman–Crippen LogP) is 2.62. The number of aromatic nitrogens is 1. The van der Waals surface area contributed by atoms with Gasteiger partial charge in [0.25, 0.3) is 0 Å². The maximum atomic E-state index is 11.7. The van der Waals surface area contributed by atoms with Crippen molar-refractivity contribution in [2.75, 3.05) is 11.9 Å². The molecule has 96 valence electrons. The van der Waals surface area contributed by atoms with Crippen molar-refractivity contribution in [2.45, 2.75) is 31.7 Å². The van der Waals surface area contributed by atoms with Gasteiger partial charge in [0.05, 0.1) is 11.7 Å². The van der Waals surface area contributed by atoms with Crippen LogP contribution < -0.4 is 10.6 Å². The molecule has 1 aliphatic carbocycles. The average Bonchev–Trinajstić information content (AvgIpc) is 3.08. The number of carbonyl (C=O) groups is 1. The van der Waals surface area contributed by atoms with Gasteiger partial charge >= 0.3 is 0 Å². The highest BCUT2D eigenvalue weighted by molar-refractivity contribution is 9.10. The zero-order chi connectivity index (χ0) is 12.5. The van der Waals surface area contributed by atoms with Crippen LogP contribution in [0, 0.1) is 5.92 Å². The Hall–Kier alpha value is -0.940. The Morgan fingerprint density at radius 1 is 1.39 bits per heavy atom. The quantitative estimate of drug-likeness (QED) is 0.902. The van der Waals surface area contributed by atoms with Gasteiger partial charge in [0.2, 0.25) is 5.91 Å². The Morgan fingerprint density at radius 2 is 2.22 bits per heavy atom. The summed E-state index contributed by atoms with van der Waals surface area (Å²) in [5.74, 6) is 0.984. The highest BCUT2D eigenvalue weighted by Crippen LogP contribution is 2.31. The van der Waals surface area contributed by atoms with Crippen LogP contribution in [-0.4, -0.2) is 17.4 Å². The molecule has 1 aromatic heterocycles. The molecule has 18 heavy (non-hydrogen) atoms. The van der Waals surface area contributed by atoms with E-state index in [0.29, 0.717) is 11.9 Å². The monoisotopic (exact) mass is 309 g/mol. The van der Waals surface area contributed by atoms with Crippen molar-refractivity contribution >= 4 is 27.7 Å². The lowest BCUT2D eigenvalue weighted by molar-refractivity contribution is -0.117. The number of carbonyl (C=O) groups excluding carboxylic acids is 1. The van der Waals surface area contributed by atoms with Crippen LogP contribution in [-0.2, 0) is 4.79 Å². The van der Waals surface area contributed by atoms with Crippen molar-refractivity contribution in [1.82, 2.24) is 10.3 Å². The van der Waals surface area contributed by atoms with Crippen molar-refractivity contribution in [2.24, 2.45) is 5.92 Å². The number of nitrogens with one attached hydrogen (secondary N) is 2. The van der Waals surface area contributed by atoms with E-state index < -0.39 is 0 Å². The molecule has 0 radical (unpaired) electrons. The smallest absolute Gasteiger partial charge is 0.228 e. The number of amides is 1. The number of hydrogen-bond acceptors (Lipinski definition) is 3. The summed E-state index contributed by atoms with van der Waals surface area (Å²) in [5.41, 5.74) is 1.00. The molecule has 4 nitrogen and oxygen atoms in total. The Bertz CT molecular complexity index is 467. The molecular weight excluding hydrogens is 294 g/mol.